The lowest BCUT2D eigenvalue weighted by Gasteiger charge is -2.14. The van der Waals surface area contributed by atoms with Gasteiger partial charge < -0.3 is 10.9 Å². The van der Waals surface area contributed by atoms with Crippen LogP contribution in [0, 0.1) is 0 Å². The lowest BCUT2D eigenvalue weighted by Crippen LogP contribution is -1.96. The second-order valence-corrected chi connectivity index (χ2v) is 10.4. The number of aryl methyl sites for hydroxylation is 2. The molecule has 0 amide bonds. The maximum Gasteiger partial charge on any atom is 0.394 e. The Morgan fingerprint density at radius 1 is 0.568 bits per heavy atom. The molecule has 6 nitrogen and oxygen atoms in total. The molecule has 0 aromatic heterocycles. The van der Waals surface area contributed by atoms with Crippen molar-refractivity contribution in [2.45, 2.75) is 117 Å². The van der Waals surface area contributed by atoms with Crippen LogP contribution in [0.15, 0.2) is 48.5 Å². The summed E-state index contributed by atoms with van der Waals surface area (Å²) >= 11 is 0. The van der Waals surface area contributed by atoms with E-state index in [1.54, 1.807) is 0 Å². The van der Waals surface area contributed by atoms with Gasteiger partial charge in [0.05, 0.1) is 0 Å². The van der Waals surface area contributed by atoms with Gasteiger partial charge in [-0.2, -0.15) is 8.42 Å². The molecular formula is C30H51NO5S. The van der Waals surface area contributed by atoms with Gasteiger partial charge in [0.25, 0.3) is 0 Å². The summed E-state index contributed by atoms with van der Waals surface area (Å²) in [6.45, 7) is 4.56. The van der Waals surface area contributed by atoms with Gasteiger partial charge in [0, 0.05) is 0 Å². The van der Waals surface area contributed by atoms with Gasteiger partial charge in [0.2, 0.25) is 0 Å². The lowest BCUT2D eigenvalue weighted by molar-refractivity contribution is 0.381. The van der Waals surface area contributed by atoms with Crippen molar-refractivity contribution >= 4 is 10.4 Å². The van der Waals surface area contributed by atoms with Crippen molar-refractivity contribution in [3.63, 3.8) is 0 Å². The van der Waals surface area contributed by atoms with Crippen molar-refractivity contribution < 1.29 is 22.3 Å². The molecule has 2 rings (SSSR count). The summed E-state index contributed by atoms with van der Waals surface area (Å²) in [5.74, 6) is 2.08. The van der Waals surface area contributed by atoms with Crippen LogP contribution in [0.25, 0.3) is 0 Å². The van der Waals surface area contributed by atoms with Crippen LogP contribution >= 0.6 is 0 Å². The summed E-state index contributed by atoms with van der Waals surface area (Å²) in [6.07, 6.45) is 21.1. The highest BCUT2D eigenvalue weighted by atomic mass is 32.3. The molecule has 212 valence electrons. The second-order valence-electron chi connectivity index (χ2n) is 9.51. The molecule has 2 aromatic rings. The van der Waals surface area contributed by atoms with E-state index in [2.05, 4.69) is 62.4 Å². The van der Waals surface area contributed by atoms with Crippen LogP contribution in [0.2, 0.25) is 0 Å². The van der Waals surface area contributed by atoms with Crippen molar-refractivity contribution in [2.24, 2.45) is 0 Å². The smallest absolute Gasteiger partial charge is 0.394 e. The predicted molar refractivity (Wildman–Crippen MR) is 156 cm³/mol. The average Bonchev–Trinajstić information content (AvgIpc) is 2.84. The average molecular weight is 538 g/mol. The summed E-state index contributed by atoms with van der Waals surface area (Å²) in [5.41, 5.74) is 2.70. The summed E-state index contributed by atoms with van der Waals surface area (Å²) in [5, 5.41) is 0. The monoisotopic (exact) mass is 537 g/mol. The van der Waals surface area contributed by atoms with Crippen LogP contribution in [0.4, 0.5) is 0 Å². The van der Waals surface area contributed by atoms with Crippen molar-refractivity contribution in [3.8, 4) is 11.5 Å². The number of unbranched alkanes of at least 4 members (excludes halogenated alkanes) is 12. The van der Waals surface area contributed by atoms with Gasteiger partial charge in [-0.3, -0.25) is 9.11 Å². The minimum absolute atomic E-state index is 0. The van der Waals surface area contributed by atoms with E-state index in [1.807, 2.05) is 0 Å². The standard InChI is InChI=1S/C30H46O.H3N.H2O4S/c1-3-5-7-9-11-13-15-21-27-23-17-19-25-29(27)31-30-26-20-18-24-28(30)22-16-14-12-10-8-6-4-2;;1-5(2,3)4/h17-20,23-26H,3-16,21-22H2,1-2H3;1H3;(H2,1,2,3,4). The van der Waals surface area contributed by atoms with Gasteiger partial charge in [-0.05, 0) is 48.9 Å². The van der Waals surface area contributed by atoms with Crippen LogP contribution in [0.3, 0.4) is 0 Å². The van der Waals surface area contributed by atoms with E-state index in [0.29, 0.717) is 0 Å². The third-order valence-corrected chi connectivity index (χ3v) is 6.26. The topological polar surface area (TPSA) is 119 Å². The Morgan fingerprint density at radius 3 is 1.22 bits per heavy atom. The number of hydrogen-bond donors (Lipinski definition) is 3. The third-order valence-electron chi connectivity index (χ3n) is 6.26. The summed E-state index contributed by atoms with van der Waals surface area (Å²) in [6, 6.07) is 17.3. The minimum atomic E-state index is -4.67. The maximum absolute atomic E-state index is 8.74. The summed E-state index contributed by atoms with van der Waals surface area (Å²) < 4.78 is 38.0. The highest BCUT2D eigenvalue weighted by Gasteiger charge is 2.08. The van der Waals surface area contributed by atoms with Crippen LogP contribution in [0.1, 0.15) is 115 Å². The first-order valence-corrected chi connectivity index (χ1v) is 15.3. The predicted octanol–water partition coefficient (Wildman–Crippen LogP) is 9.57. The molecule has 5 N–H and O–H groups in total. The largest absolute Gasteiger partial charge is 0.457 e. The molecule has 0 radical (unpaired) electrons. The zero-order chi connectivity index (χ0) is 26.5. The number of para-hydroxylation sites is 2. The molecule has 7 heteroatoms. The van der Waals surface area contributed by atoms with E-state index in [9.17, 15) is 0 Å². The molecule has 0 saturated heterocycles. The first kappa shape index (κ1) is 35.1. The van der Waals surface area contributed by atoms with Gasteiger partial charge in [0.15, 0.2) is 0 Å². The normalized spacial score (nSPS) is 10.8. The fourth-order valence-corrected chi connectivity index (χ4v) is 4.28. The third kappa shape index (κ3) is 19.8. The number of hydrogen-bond acceptors (Lipinski definition) is 4. The van der Waals surface area contributed by atoms with E-state index < -0.39 is 10.4 Å². The quantitative estimate of drug-likeness (QED) is 0.129. The SMILES string of the molecule is CCCCCCCCCc1ccccc1Oc1ccccc1CCCCCCCCC.N.O=S(=O)(O)O. The zero-order valence-electron chi connectivity index (χ0n) is 23.2. The van der Waals surface area contributed by atoms with E-state index in [4.69, 9.17) is 22.3 Å². The van der Waals surface area contributed by atoms with Gasteiger partial charge >= 0.3 is 10.4 Å². The van der Waals surface area contributed by atoms with Gasteiger partial charge in [-0.15, -0.1) is 0 Å². The Hall–Kier alpha value is -1.93. The first-order valence-electron chi connectivity index (χ1n) is 13.9. The number of benzene rings is 2. The molecular weight excluding hydrogens is 486 g/mol. The van der Waals surface area contributed by atoms with Crippen LogP contribution in [-0.4, -0.2) is 17.5 Å². The summed E-state index contributed by atoms with van der Waals surface area (Å²) in [4.78, 5) is 0. The molecule has 0 heterocycles. The van der Waals surface area contributed by atoms with Crippen LogP contribution < -0.4 is 10.9 Å². The highest BCUT2D eigenvalue weighted by molar-refractivity contribution is 7.79. The molecule has 0 saturated carbocycles. The van der Waals surface area contributed by atoms with E-state index in [-0.39, 0.29) is 6.15 Å². The fraction of sp³-hybridized carbons (Fsp3) is 0.600. The molecule has 0 fully saturated rings. The molecule has 2 aromatic carbocycles. The Kier molecular flexibility index (Phi) is 20.9. The molecule has 0 atom stereocenters. The Morgan fingerprint density at radius 2 is 0.865 bits per heavy atom. The molecule has 0 aliphatic carbocycles. The van der Waals surface area contributed by atoms with Gasteiger partial charge in [0.1, 0.15) is 11.5 Å². The van der Waals surface area contributed by atoms with Crippen molar-refractivity contribution in [1.82, 2.24) is 6.15 Å². The Labute approximate surface area is 226 Å². The minimum Gasteiger partial charge on any atom is -0.457 e. The van der Waals surface area contributed by atoms with E-state index in [0.717, 1.165) is 24.3 Å². The molecule has 0 bridgehead atoms. The molecule has 37 heavy (non-hydrogen) atoms. The van der Waals surface area contributed by atoms with Crippen molar-refractivity contribution in [2.75, 3.05) is 0 Å². The Balaban J connectivity index is 0.00000196. The molecule has 0 aliphatic heterocycles. The lowest BCUT2D eigenvalue weighted by atomic mass is 10.0. The zero-order valence-corrected chi connectivity index (χ0v) is 24.0. The second kappa shape index (κ2) is 22.1. The number of rotatable bonds is 18. The van der Waals surface area contributed by atoms with Crippen LogP contribution in [-0.2, 0) is 23.2 Å². The van der Waals surface area contributed by atoms with Crippen molar-refractivity contribution in [3.05, 3.63) is 59.7 Å². The molecule has 0 unspecified atom stereocenters. The number of ether oxygens (including phenoxy) is 1. The molecule has 0 spiro atoms. The Bertz CT molecular complexity index is 850. The summed E-state index contributed by atoms with van der Waals surface area (Å²) in [7, 11) is -4.67. The fourth-order valence-electron chi connectivity index (χ4n) is 4.28. The van der Waals surface area contributed by atoms with E-state index >= 15 is 0 Å². The van der Waals surface area contributed by atoms with Crippen molar-refractivity contribution in [1.29, 1.82) is 0 Å². The van der Waals surface area contributed by atoms with Gasteiger partial charge in [-0.25, -0.2) is 0 Å². The maximum atomic E-state index is 8.74. The highest BCUT2D eigenvalue weighted by Crippen LogP contribution is 2.30. The van der Waals surface area contributed by atoms with Crippen LogP contribution in [0.5, 0.6) is 11.5 Å². The van der Waals surface area contributed by atoms with Gasteiger partial charge in [-0.1, -0.05) is 127 Å². The first-order chi connectivity index (χ1) is 17.3. The molecule has 0 aliphatic rings. The van der Waals surface area contributed by atoms with E-state index in [1.165, 1.54) is 101 Å².